The van der Waals surface area contributed by atoms with Gasteiger partial charge in [0.15, 0.2) is 6.29 Å². The van der Waals surface area contributed by atoms with Crippen LogP contribution in [0.3, 0.4) is 0 Å². The minimum absolute atomic E-state index is 0.362. The lowest BCUT2D eigenvalue weighted by molar-refractivity contribution is 0.111. The first-order valence-electron chi connectivity index (χ1n) is 4.61. The Morgan fingerprint density at radius 2 is 2.08 bits per heavy atom. The fourth-order valence-corrected chi connectivity index (χ4v) is 1.44. The van der Waals surface area contributed by atoms with Crippen LogP contribution in [0.5, 0.6) is 0 Å². The summed E-state index contributed by atoms with van der Waals surface area (Å²) in [6.45, 7) is 6.09. The molecule has 0 bridgehead atoms. The predicted molar refractivity (Wildman–Crippen MR) is 49.8 cm³/mol. The lowest BCUT2D eigenvalue weighted by atomic mass is 10.1. The molecule has 0 aromatic carbocycles. The Balaban J connectivity index is 3.00. The minimum Gasteiger partial charge on any atom is -0.296 e. The van der Waals surface area contributed by atoms with E-state index in [2.05, 4.69) is 24.2 Å². The van der Waals surface area contributed by atoms with Crippen LogP contribution in [0.25, 0.3) is 0 Å². The van der Waals surface area contributed by atoms with E-state index in [1.807, 2.05) is 11.6 Å². The van der Waals surface area contributed by atoms with Crippen LogP contribution in [0.4, 0.5) is 0 Å². The smallest absolute Gasteiger partial charge is 0.172 e. The number of rotatable bonds is 4. The van der Waals surface area contributed by atoms with Gasteiger partial charge >= 0.3 is 0 Å². The van der Waals surface area contributed by atoms with Gasteiger partial charge in [-0.25, -0.2) is 4.68 Å². The summed E-state index contributed by atoms with van der Waals surface area (Å²) in [4.78, 5) is 10.5. The average Bonchev–Trinajstić information content (AvgIpc) is 2.50. The third kappa shape index (κ3) is 1.76. The second-order valence-electron chi connectivity index (χ2n) is 3.09. The summed E-state index contributed by atoms with van der Waals surface area (Å²) in [7, 11) is 0. The molecule has 0 saturated heterocycles. The summed E-state index contributed by atoms with van der Waals surface area (Å²) in [5.41, 5.74) is 1.32. The van der Waals surface area contributed by atoms with Gasteiger partial charge in [-0.1, -0.05) is 19.1 Å². The van der Waals surface area contributed by atoms with Crippen LogP contribution >= 0.6 is 0 Å². The number of carbonyl (C=O) groups is 1. The maximum absolute atomic E-state index is 10.5. The summed E-state index contributed by atoms with van der Waals surface area (Å²) in [6, 6.07) is 0.362. The van der Waals surface area contributed by atoms with Crippen molar-refractivity contribution in [3.8, 4) is 0 Å². The summed E-state index contributed by atoms with van der Waals surface area (Å²) >= 11 is 0. The third-order valence-corrected chi connectivity index (χ3v) is 2.36. The van der Waals surface area contributed by atoms with E-state index >= 15 is 0 Å². The number of aromatic nitrogens is 3. The summed E-state index contributed by atoms with van der Waals surface area (Å²) in [5.74, 6) is 0. The van der Waals surface area contributed by atoms with Crippen LogP contribution < -0.4 is 0 Å². The van der Waals surface area contributed by atoms with Gasteiger partial charge in [-0.3, -0.25) is 4.79 Å². The second-order valence-corrected chi connectivity index (χ2v) is 3.09. The first-order valence-corrected chi connectivity index (χ1v) is 4.61. The van der Waals surface area contributed by atoms with Gasteiger partial charge in [0.05, 0.1) is 11.7 Å². The maximum Gasteiger partial charge on any atom is 0.172 e. The molecule has 0 radical (unpaired) electrons. The number of hydrogen-bond donors (Lipinski definition) is 0. The molecule has 0 amide bonds. The molecule has 0 aliphatic heterocycles. The zero-order chi connectivity index (χ0) is 9.84. The molecule has 0 saturated carbocycles. The molecule has 4 heteroatoms. The number of carbonyl (C=O) groups excluding carboxylic acids is 1. The van der Waals surface area contributed by atoms with Crippen LogP contribution in [0.1, 0.15) is 48.9 Å². The van der Waals surface area contributed by atoms with E-state index in [9.17, 15) is 4.79 Å². The molecule has 1 rings (SSSR count). The molecule has 0 N–H and O–H groups in total. The maximum atomic E-state index is 10.5. The summed E-state index contributed by atoms with van der Waals surface area (Å²) in [5, 5.41) is 7.76. The van der Waals surface area contributed by atoms with Crippen molar-refractivity contribution >= 4 is 6.29 Å². The van der Waals surface area contributed by atoms with Crippen LogP contribution in [0.2, 0.25) is 0 Å². The Morgan fingerprint density at radius 3 is 2.46 bits per heavy atom. The summed E-state index contributed by atoms with van der Waals surface area (Å²) < 4.78 is 1.84. The number of aldehydes is 1. The molecule has 0 aliphatic rings. The Morgan fingerprint density at radius 1 is 1.46 bits per heavy atom. The van der Waals surface area contributed by atoms with Crippen molar-refractivity contribution in [3.63, 3.8) is 0 Å². The van der Waals surface area contributed by atoms with Crippen LogP contribution in [0.15, 0.2) is 0 Å². The van der Waals surface area contributed by atoms with Gasteiger partial charge in [0.2, 0.25) is 0 Å². The van der Waals surface area contributed by atoms with Crippen LogP contribution in [0, 0.1) is 6.92 Å². The molecular weight excluding hydrogens is 166 g/mol. The SMILES string of the molecule is CCC(CC)n1nnc(C=O)c1C. The second kappa shape index (κ2) is 4.16. The van der Waals surface area contributed by atoms with Gasteiger partial charge in [-0.2, -0.15) is 0 Å². The van der Waals surface area contributed by atoms with Crippen molar-refractivity contribution < 1.29 is 4.79 Å². The van der Waals surface area contributed by atoms with Gasteiger partial charge in [-0.05, 0) is 19.8 Å². The van der Waals surface area contributed by atoms with Crippen molar-refractivity contribution in [3.05, 3.63) is 11.4 Å². The molecule has 72 valence electrons. The largest absolute Gasteiger partial charge is 0.296 e. The topological polar surface area (TPSA) is 47.8 Å². The molecule has 1 aromatic rings. The zero-order valence-electron chi connectivity index (χ0n) is 8.32. The lowest BCUT2D eigenvalue weighted by Gasteiger charge is -2.13. The van der Waals surface area contributed by atoms with Gasteiger partial charge in [0, 0.05) is 0 Å². The van der Waals surface area contributed by atoms with E-state index in [4.69, 9.17) is 0 Å². The first-order chi connectivity index (χ1) is 6.24. The quantitative estimate of drug-likeness (QED) is 0.665. The minimum atomic E-state index is 0.362. The van der Waals surface area contributed by atoms with E-state index in [0.717, 1.165) is 24.8 Å². The molecule has 0 atom stereocenters. The number of nitrogens with zero attached hydrogens (tertiary/aromatic N) is 3. The van der Waals surface area contributed by atoms with Gasteiger partial charge in [-0.15, -0.1) is 5.10 Å². The van der Waals surface area contributed by atoms with E-state index in [1.165, 1.54) is 0 Å². The van der Waals surface area contributed by atoms with Crippen molar-refractivity contribution in [1.29, 1.82) is 0 Å². The molecule has 1 aromatic heterocycles. The highest BCUT2D eigenvalue weighted by molar-refractivity contribution is 5.72. The highest BCUT2D eigenvalue weighted by Gasteiger charge is 2.13. The Labute approximate surface area is 77.9 Å². The zero-order valence-corrected chi connectivity index (χ0v) is 8.32. The molecule has 0 spiro atoms. The molecule has 4 nitrogen and oxygen atoms in total. The van der Waals surface area contributed by atoms with Gasteiger partial charge < -0.3 is 0 Å². The van der Waals surface area contributed by atoms with Crippen molar-refractivity contribution in [1.82, 2.24) is 15.0 Å². The van der Waals surface area contributed by atoms with E-state index < -0.39 is 0 Å². The molecular formula is C9H15N3O. The van der Waals surface area contributed by atoms with Crippen molar-refractivity contribution in [2.75, 3.05) is 0 Å². The lowest BCUT2D eigenvalue weighted by Crippen LogP contribution is -2.10. The predicted octanol–water partition coefficient (Wildman–Crippen LogP) is 1.76. The standard InChI is InChI=1S/C9H15N3O/c1-4-8(5-2)12-7(3)9(6-13)10-11-12/h6,8H,4-5H2,1-3H3. The molecule has 1 heterocycles. The third-order valence-electron chi connectivity index (χ3n) is 2.36. The van der Waals surface area contributed by atoms with Crippen LogP contribution in [-0.2, 0) is 0 Å². The van der Waals surface area contributed by atoms with E-state index in [-0.39, 0.29) is 0 Å². The molecule has 13 heavy (non-hydrogen) atoms. The fraction of sp³-hybridized carbons (Fsp3) is 0.667. The Kier molecular flexibility index (Phi) is 3.17. The first kappa shape index (κ1) is 9.89. The highest BCUT2D eigenvalue weighted by Crippen LogP contribution is 2.16. The monoisotopic (exact) mass is 181 g/mol. The summed E-state index contributed by atoms with van der Waals surface area (Å²) in [6.07, 6.45) is 2.78. The Bertz CT molecular complexity index is 289. The van der Waals surface area contributed by atoms with Crippen LogP contribution in [-0.4, -0.2) is 21.3 Å². The highest BCUT2D eigenvalue weighted by atomic mass is 16.1. The molecule has 0 aliphatic carbocycles. The van der Waals surface area contributed by atoms with Gasteiger partial charge in [0.25, 0.3) is 0 Å². The van der Waals surface area contributed by atoms with Crippen molar-refractivity contribution in [2.45, 2.75) is 39.7 Å². The fourth-order valence-electron chi connectivity index (χ4n) is 1.44. The van der Waals surface area contributed by atoms with E-state index in [1.54, 1.807) is 0 Å². The Hall–Kier alpha value is -1.19. The van der Waals surface area contributed by atoms with Gasteiger partial charge in [0.1, 0.15) is 5.69 Å². The molecule has 0 fully saturated rings. The van der Waals surface area contributed by atoms with E-state index in [0.29, 0.717) is 11.7 Å². The van der Waals surface area contributed by atoms with Crippen molar-refractivity contribution in [2.24, 2.45) is 0 Å². The number of hydrogen-bond acceptors (Lipinski definition) is 3. The average molecular weight is 181 g/mol. The molecule has 0 unspecified atom stereocenters. The normalized spacial score (nSPS) is 10.8.